The van der Waals surface area contributed by atoms with Crippen LogP contribution in [0.4, 0.5) is 0 Å². The minimum absolute atomic E-state index is 0.104. The van der Waals surface area contributed by atoms with Crippen molar-refractivity contribution in [2.75, 3.05) is 7.11 Å². The van der Waals surface area contributed by atoms with E-state index in [-0.39, 0.29) is 12.4 Å². The number of aliphatic hydroxyl groups is 1. The Balaban J connectivity index is 3.34. The van der Waals surface area contributed by atoms with Gasteiger partial charge >= 0.3 is 5.97 Å². The molecule has 0 saturated carbocycles. The van der Waals surface area contributed by atoms with Gasteiger partial charge in [-0.05, 0) is 6.42 Å². The second-order valence-corrected chi connectivity index (χ2v) is 1.84. The first-order valence-corrected chi connectivity index (χ1v) is 2.95. The molecule has 0 saturated heterocycles. The standard InChI is InChI=1S/C6H12O3/c1-3-5(7)4-6(8)9-2/h5,7H,3-4H2,1-2H3/t5-/m1/s1. The average molecular weight is 132 g/mol. The van der Waals surface area contributed by atoms with Crippen molar-refractivity contribution in [3.8, 4) is 0 Å². The average Bonchev–Trinajstić information content (AvgIpc) is 1.87. The Bertz CT molecular complexity index is 90.3. The molecule has 0 aliphatic rings. The van der Waals surface area contributed by atoms with Crippen LogP contribution in [-0.2, 0) is 9.53 Å². The van der Waals surface area contributed by atoms with Gasteiger partial charge < -0.3 is 9.84 Å². The first kappa shape index (κ1) is 8.43. The molecule has 0 aliphatic carbocycles. The summed E-state index contributed by atoms with van der Waals surface area (Å²) < 4.78 is 4.32. The van der Waals surface area contributed by atoms with Crippen molar-refractivity contribution in [3.63, 3.8) is 0 Å². The third kappa shape index (κ3) is 3.97. The number of methoxy groups -OCH3 is 1. The highest BCUT2D eigenvalue weighted by molar-refractivity contribution is 5.69. The molecule has 1 atom stereocenters. The predicted octanol–water partition coefficient (Wildman–Crippen LogP) is 0.320. The van der Waals surface area contributed by atoms with Gasteiger partial charge in [0.05, 0.1) is 19.6 Å². The van der Waals surface area contributed by atoms with E-state index in [1.165, 1.54) is 7.11 Å². The van der Waals surface area contributed by atoms with Crippen LogP contribution in [0.5, 0.6) is 0 Å². The second-order valence-electron chi connectivity index (χ2n) is 1.84. The molecule has 1 N–H and O–H groups in total. The van der Waals surface area contributed by atoms with E-state index in [1.54, 1.807) is 0 Å². The molecule has 0 aliphatic heterocycles. The fourth-order valence-corrected chi connectivity index (χ4v) is 0.420. The van der Waals surface area contributed by atoms with Crippen molar-refractivity contribution >= 4 is 5.97 Å². The van der Waals surface area contributed by atoms with Gasteiger partial charge in [-0.1, -0.05) is 6.92 Å². The van der Waals surface area contributed by atoms with Gasteiger partial charge in [-0.15, -0.1) is 0 Å². The molecule has 0 heterocycles. The lowest BCUT2D eigenvalue weighted by Crippen LogP contribution is -2.12. The van der Waals surface area contributed by atoms with E-state index in [9.17, 15) is 4.79 Å². The molecule has 0 unspecified atom stereocenters. The molecule has 9 heavy (non-hydrogen) atoms. The molecular weight excluding hydrogens is 120 g/mol. The number of carbonyl (C=O) groups excluding carboxylic acids is 1. The number of aliphatic hydroxyl groups excluding tert-OH is 1. The van der Waals surface area contributed by atoms with Gasteiger partial charge in [0, 0.05) is 0 Å². The second kappa shape index (κ2) is 4.32. The minimum Gasteiger partial charge on any atom is -0.469 e. The molecule has 0 aromatic heterocycles. The smallest absolute Gasteiger partial charge is 0.308 e. The minimum atomic E-state index is -0.544. The molecule has 54 valence electrons. The van der Waals surface area contributed by atoms with Crippen LogP contribution >= 0.6 is 0 Å². The summed E-state index contributed by atoms with van der Waals surface area (Å²) in [5.74, 6) is -0.357. The molecule has 0 radical (unpaired) electrons. The first-order chi connectivity index (χ1) is 4.20. The van der Waals surface area contributed by atoms with Crippen LogP contribution < -0.4 is 0 Å². The van der Waals surface area contributed by atoms with Gasteiger partial charge in [0.1, 0.15) is 0 Å². The maximum atomic E-state index is 10.4. The molecule has 0 aromatic carbocycles. The van der Waals surface area contributed by atoms with Crippen LogP contribution in [0.15, 0.2) is 0 Å². The highest BCUT2D eigenvalue weighted by Crippen LogP contribution is 1.96. The molecule has 0 bridgehead atoms. The summed E-state index contributed by atoms with van der Waals surface area (Å²) in [5, 5.41) is 8.86. The number of rotatable bonds is 3. The van der Waals surface area contributed by atoms with Gasteiger partial charge in [0.15, 0.2) is 0 Å². The molecule has 0 spiro atoms. The summed E-state index contributed by atoms with van der Waals surface area (Å²) in [7, 11) is 1.31. The molecule has 0 aromatic rings. The summed E-state index contributed by atoms with van der Waals surface area (Å²) >= 11 is 0. The lowest BCUT2D eigenvalue weighted by molar-refractivity contribution is -0.142. The lowest BCUT2D eigenvalue weighted by Gasteiger charge is -2.03. The zero-order valence-electron chi connectivity index (χ0n) is 5.76. The number of ether oxygens (including phenoxy) is 1. The topological polar surface area (TPSA) is 46.5 Å². The zero-order chi connectivity index (χ0) is 7.28. The van der Waals surface area contributed by atoms with E-state index in [0.29, 0.717) is 6.42 Å². The fourth-order valence-electron chi connectivity index (χ4n) is 0.420. The van der Waals surface area contributed by atoms with E-state index in [0.717, 1.165) is 0 Å². The van der Waals surface area contributed by atoms with E-state index < -0.39 is 6.10 Å². The van der Waals surface area contributed by atoms with Crippen molar-refractivity contribution < 1.29 is 14.6 Å². The molecule has 0 fully saturated rings. The van der Waals surface area contributed by atoms with Crippen LogP contribution in [0, 0.1) is 0 Å². The Morgan fingerprint density at radius 3 is 2.67 bits per heavy atom. The van der Waals surface area contributed by atoms with Crippen LogP contribution in [-0.4, -0.2) is 24.3 Å². The quantitative estimate of drug-likeness (QED) is 0.562. The van der Waals surface area contributed by atoms with Gasteiger partial charge in [-0.3, -0.25) is 4.79 Å². The lowest BCUT2D eigenvalue weighted by atomic mass is 10.2. The molecule has 3 heteroatoms. The monoisotopic (exact) mass is 132 g/mol. The highest BCUT2D eigenvalue weighted by Gasteiger charge is 2.06. The van der Waals surface area contributed by atoms with Crippen molar-refractivity contribution in [1.29, 1.82) is 0 Å². The number of carbonyl (C=O) groups is 1. The third-order valence-electron chi connectivity index (χ3n) is 1.10. The van der Waals surface area contributed by atoms with Gasteiger partial charge in [0.2, 0.25) is 0 Å². The maximum Gasteiger partial charge on any atom is 0.308 e. The Morgan fingerprint density at radius 2 is 2.33 bits per heavy atom. The molecular formula is C6H12O3. The predicted molar refractivity (Wildman–Crippen MR) is 32.9 cm³/mol. The van der Waals surface area contributed by atoms with Crippen molar-refractivity contribution in [2.45, 2.75) is 25.9 Å². The fraction of sp³-hybridized carbons (Fsp3) is 0.833. The molecule has 0 rings (SSSR count). The van der Waals surface area contributed by atoms with Crippen molar-refractivity contribution in [3.05, 3.63) is 0 Å². The van der Waals surface area contributed by atoms with Gasteiger partial charge in [-0.25, -0.2) is 0 Å². The summed E-state index contributed by atoms with van der Waals surface area (Å²) in [5.41, 5.74) is 0. The van der Waals surface area contributed by atoms with Crippen LogP contribution in [0.3, 0.4) is 0 Å². The summed E-state index contributed by atoms with van der Waals surface area (Å²) in [4.78, 5) is 10.4. The van der Waals surface area contributed by atoms with Crippen molar-refractivity contribution in [1.82, 2.24) is 0 Å². The largest absolute Gasteiger partial charge is 0.469 e. The number of hydrogen-bond acceptors (Lipinski definition) is 3. The Morgan fingerprint density at radius 1 is 1.78 bits per heavy atom. The Labute approximate surface area is 54.6 Å². The van der Waals surface area contributed by atoms with Crippen LogP contribution in [0.25, 0.3) is 0 Å². The van der Waals surface area contributed by atoms with Gasteiger partial charge in [-0.2, -0.15) is 0 Å². The number of hydrogen-bond donors (Lipinski definition) is 1. The number of esters is 1. The van der Waals surface area contributed by atoms with Crippen molar-refractivity contribution in [2.24, 2.45) is 0 Å². The highest BCUT2D eigenvalue weighted by atomic mass is 16.5. The zero-order valence-corrected chi connectivity index (χ0v) is 5.76. The normalized spacial score (nSPS) is 12.8. The molecule has 0 amide bonds. The third-order valence-corrected chi connectivity index (χ3v) is 1.10. The summed E-state index contributed by atoms with van der Waals surface area (Å²) in [6, 6.07) is 0. The van der Waals surface area contributed by atoms with E-state index in [2.05, 4.69) is 4.74 Å². The first-order valence-electron chi connectivity index (χ1n) is 2.95. The summed E-state index contributed by atoms with van der Waals surface area (Å²) in [6.07, 6.45) is 0.152. The van der Waals surface area contributed by atoms with Crippen LogP contribution in [0.1, 0.15) is 19.8 Å². The van der Waals surface area contributed by atoms with E-state index in [1.807, 2.05) is 6.92 Å². The SMILES string of the molecule is CC[C@@H](O)CC(=O)OC. The van der Waals surface area contributed by atoms with Crippen LogP contribution in [0.2, 0.25) is 0 Å². The molecule has 3 nitrogen and oxygen atoms in total. The van der Waals surface area contributed by atoms with E-state index >= 15 is 0 Å². The maximum absolute atomic E-state index is 10.4. The Kier molecular flexibility index (Phi) is 4.05. The van der Waals surface area contributed by atoms with E-state index in [4.69, 9.17) is 5.11 Å². The summed E-state index contributed by atoms with van der Waals surface area (Å²) in [6.45, 7) is 1.81. The Hall–Kier alpha value is -0.570. The van der Waals surface area contributed by atoms with Gasteiger partial charge in [0.25, 0.3) is 0 Å².